The van der Waals surface area contributed by atoms with Gasteiger partial charge in [0.15, 0.2) is 0 Å². The molecule has 0 spiro atoms. The number of fused-ring (bicyclic) bond motifs is 4. The molecule has 1 aromatic carbocycles. The van der Waals surface area contributed by atoms with Gasteiger partial charge in [0.25, 0.3) is 5.91 Å². The van der Waals surface area contributed by atoms with Gasteiger partial charge < -0.3 is 29.9 Å². The fourth-order valence-electron chi connectivity index (χ4n) is 3.99. The number of imidazole rings is 1. The second kappa shape index (κ2) is 12.3. The van der Waals surface area contributed by atoms with Gasteiger partial charge in [-0.25, -0.2) is 4.98 Å². The Kier molecular flexibility index (Phi) is 9.25. The SMILES string of the molecule is CC(C)C[C@H]1NC(=O)CN(C(=O)[C@@H](C)O)CCCOc2cccc(c2)-c2nccn2CCNC1=O. The monoisotopic (exact) mass is 485 g/mol. The minimum atomic E-state index is -1.24. The number of aliphatic hydroxyl groups is 1. The lowest BCUT2D eigenvalue weighted by Gasteiger charge is -2.26. The van der Waals surface area contributed by atoms with Gasteiger partial charge in [-0.1, -0.05) is 26.0 Å². The maximum absolute atomic E-state index is 12.9. The fraction of sp³-hybridized carbons (Fsp3) is 0.520. The summed E-state index contributed by atoms with van der Waals surface area (Å²) in [4.78, 5) is 44.0. The molecule has 1 aliphatic rings. The first-order chi connectivity index (χ1) is 16.7. The lowest BCUT2D eigenvalue weighted by Crippen LogP contribution is -2.52. The summed E-state index contributed by atoms with van der Waals surface area (Å²) in [6.45, 7) is 6.47. The Morgan fingerprint density at radius 2 is 2.06 bits per heavy atom. The molecule has 1 aliphatic heterocycles. The molecule has 3 rings (SSSR count). The number of nitrogens with one attached hydrogen (secondary N) is 2. The Hall–Kier alpha value is -3.40. The lowest BCUT2D eigenvalue weighted by atomic mass is 10.0. The Morgan fingerprint density at radius 1 is 1.26 bits per heavy atom. The number of amides is 3. The zero-order valence-corrected chi connectivity index (χ0v) is 20.6. The van der Waals surface area contributed by atoms with E-state index in [1.807, 2.05) is 48.9 Å². The number of nitrogens with zero attached hydrogens (tertiary/aromatic N) is 3. The first kappa shape index (κ1) is 26.2. The van der Waals surface area contributed by atoms with Crippen molar-refractivity contribution >= 4 is 17.7 Å². The predicted molar refractivity (Wildman–Crippen MR) is 130 cm³/mol. The van der Waals surface area contributed by atoms with E-state index in [1.165, 1.54) is 11.8 Å². The van der Waals surface area contributed by atoms with Crippen LogP contribution < -0.4 is 15.4 Å². The average Bonchev–Trinajstić information content (AvgIpc) is 3.28. The molecule has 0 radical (unpaired) electrons. The molecule has 2 aromatic rings. The van der Waals surface area contributed by atoms with Crippen LogP contribution in [0.5, 0.6) is 5.75 Å². The van der Waals surface area contributed by atoms with Crippen LogP contribution >= 0.6 is 0 Å². The van der Waals surface area contributed by atoms with Gasteiger partial charge >= 0.3 is 0 Å². The first-order valence-corrected chi connectivity index (χ1v) is 12.0. The van der Waals surface area contributed by atoms with E-state index in [-0.39, 0.29) is 24.9 Å². The molecule has 1 aromatic heterocycles. The fourth-order valence-corrected chi connectivity index (χ4v) is 3.99. The van der Waals surface area contributed by atoms with Crippen molar-refractivity contribution < 1.29 is 24.2 Å². The summed E-state index contributed by atoms with van der Waals surface area (Å²) in [6.07, 6.45) is 3.24. The van der Waals surface area contributed by atoms with Crippen LogP contribution in [0.1, 0.15) is 33.6 Å². The Labute approximate surface area is 205 Å². The van der Waals surface area contributed by atoms with Crippen molar-refractivity contribution in [1.29, 1.82) is 0 Å². The second-order valence-corrected chi connectivity index (χ2v) is 9.15. The standard InChI is InChI=1S/C25H35N5O5/c1-17(2)14-21-24(33)27-9-12-29-11-8-26-23(29)19-6-4-7-20(15-19)35-13-5-10-30(16-22(32)28-21)25(34)18(3)31/h4,6-8,11,15,17-18,21,31H,5,9-10,12-14,16H2,1-3H3,(H,27,33)(H,28,32)/t18-,21-/m1/s1. The molecule has 0 fully saturated rings. The Balaban J connectivity index is 1.85. The van der Waals surface area contributed by atoms with E-state index in [2.05, 4.69) is 15.6 Å². The lowest BCUT2D eigenvalue weighted by molar-refractivity contribution is -0.143. The Morgan fingerprint density at radius 3 is 2.80 bits per heavy atom. The van der Waals surface area contributed by atoms with E-state index < -0.39 is 24.0 Å². The number of hydrogen-bond acceptors (Lipinski definition) is 6. The van der Waals surface area contributed by atoms with Crippen molar-refractivity contribution in [2.75, 3.05) is 26.2 Å². The molecule has 2 atom stereocenters. The van der Waals surface area contributed by atoms with Gasteiger partial charge in [0.05, 0.1) is 13.2 Å². The molecular formula is C25H35N5O5. The highest BCUT2D eigenvalue weighted by Gasteiger charge is 2.25. The third-order valence-electron chi connectivity index (χ3n) is 5.66. The van der Waals surface area contributed by atoms with E-state index in [0.29, 0.717) is 38.3 Å². The van der Waals surface area contributed by atoms with Crippen molar-refractivity contribution in [2.24, 2.45) is 5.92 Å². The smallest absolute Gasteiger partial charge is 0.251 e. The highest BCUT2D eigenvalue weighted by atomic mass is 16.5. The van der Waals surface area contributed by atoms with Gasteiger partial charge in [0, 0.05) is 37.6 Å². The van der Waals surface area contributed by atoms with Gasteiger partial charge in [0.2, 0.25) is 11.8 Å². The largest absolute Gasteiger partial charge is 0.494 e. The Bertz CT molecular complexity index is 1020. The summed E-state index contributed by atoms with van der Waals surface area (Å²) in [5, 5.41) is 15.5. The summed E-state index contributed by atoms with van der Waals surface area (Å²) in [5.41, 5.74) is 0.885. The molecule has 35 heavy (non-hydrogen) atoms. The highest BCUT2D eigenvalue weighted by Crippen LogP contribution is 2.23. The number of aromatic nitrogens is 2. The van der Waals surface area contributed by atoms with Crippen LogP contribution in [-0.4, -0.2) is 75.7 Å². The van der Waals surface area contributed by atoms with Crippen molar-refractivity contribution in [2.45, 2.75) is 52.3 Å². The van der Waals surface area contributed by atoms with Gasteiger partial charge in [0.1, 0.15) is 23.7 Å². The van der Waals surface area contributed by atoms with Crippen LogP contribution in [0.15, 0.2) is 36.7 Å². The highest BCUT2D eigenvalue weighted by molar-refractivity contribution is 5.90. The molecular weight excluding hydrogens is 450 g/mol. The van der Waals surface area contributed by atoms with Crippen LogP contribution in [0.25, 0.3) is 11.4 Å². The van der Waals surface area contributed by atoms with E-state index in [1.54, 1.807) is 6.20 Å². The van der Waals surface area contributed by atoms with Crippen LogP contribution in [0, 0.1) is 5.92 Å². The summed E-state index contributed by atoms with van der Waals surface area (Å²) < 4.78 is 7.84. The molecule has 190 valence electrons. The third kappa shape index (κ3) is 7.54. The zero-order valence-electron chi connectivity index (χ0n) is 20.6. The van der Waals surface area contributed by atoms with Gasteiger partial charge in [-0.3, -0.25) is 14.4 Å². The summed E-state index contributed by atoms with van der Waals surface area (Å²) in [6, 6.07) is 6.84. The van der Waals surface area contributed by atoms with E-state index in [0.717, 1.165) is 11.4 Å². The molecule has 3 amide bonds. The van der Waals surface area contributed by atoms with Crippen LogP contribution in [0.3, 0.4) is 0 Å². The maximum atomic E-state index is 12.9. The predicted octanol–water partition coefficient (Wildman–Crippen LogP) is 1.19. The number of aliphatic hydroxyl groups excluding tert-OH is 1. The van der Waals surface area contributed by atoms with Crippen LogP contribution in [-0.2, 0) is 20.9 Å². The zero-order chi connectivity index (χ0) is 25.4. The summed E-state index contributed by atoms with van der Waals surface area (Å²) in [5.74, 6) is 0.308. The molecule has 10 heteroatoms. The van der Waals surface area contributed by atoms with E-state index >= 15 is 0 Å². The van der Waals surface area contributed by atoms with E-state index in [4.69, 9.17) is 4.74 Å². The topological polar surface area (TPSA) is 126 Å². The van der Waals surface area contributed by atoms with Gasteiger partial charge in [-0.2, -0.15) is 0 Å². The number of rotatable bonds is 3. The number of carbonyl (C=O) groups is 3. The van der Waals surface area contributed by atoms with Crippen molar-refractivity contribution in [3.8, 4) is 17.1 Å². The third-order valence-corrected chi connectivity index (χ3v) is 5.66. The molecule has 0 saturated carbocycles. The molecule has 2 heterocycles. The first-order valence-electron chi connectivity index (χ1n) is 12.0. The van der Waals surface area contributed by atoms with Crippen molar-refractivity contribution in [1.82, 2.24) is 25.1 Å². The quantitative estimate of drug-likeness (QED) is 0.600. The normalized spacial score (nSPS) is 19.0. The second-order valence-electron chi connectivity index (χ2n) is 9.15. The maximum Gasteiger partial charge on any atom is 0.251 e. The molecule has 0 unspecified atom stereocenters. The summed E-state index contributed by atoms with van der Waals surface area (Å²) >= 11 is 0. The molecule has 2 bridgehead atoms. The summed E-state index contributed by atoms with van der Waals surface area (Å²) in [7, 11) is 0. The van der Waals surface area contributed by atoms with Crippen LogP contribution in [0.2, 0.25) is 0 Å². The minimum absolute atomic E-state index is 0.170. The number of hydrogen-bond donors (Lipinski definition) is 3. The van der Waals surface area contributed by atoms with Crippen LogP contribution in [0.4, 0.5) is 0 Å². The minimum Gasteiger partial charge on any atom is -0.494 e. The molecule has 3 N–H and O–H groups in total. The van der Waals surface area contributed by atoms with Gasteiger partial charge in [-0.15, -0.1) is 0 Å². The molecule has 0 aliphatic carbocycles. The van der Waals surface area contributed by atoms with Crippen molar-refractivity contribution in [3.05, 3.63) is 36.7 Å². The van der Waals surface area contributed by atoms with Crippen molar-refractivity contribution in [3.63, 3.8) is 0 Å². The van der Waals surface area contributed by atoms with Gasteiger partial charge in [-0.05, 0) is 37.8 Å². The molecule has 10 nitrogen and oxygen atoms in total. The number of ether oxygens (including phenoxy) is 1. The number of benzene rings is 1. The molecule has 0 saturated heterocycles. The average molecular weight is 486 g/mol. The van der Waals surface area contributed by atoms with E-state index in [9.17, 15) is 19.5 Å². The number of carbonyl (C=O) groups excluding carboxylic acids is 3.